The summed E-state index contributed by atoms with van der Waals surface area (Å²) in [5.41, 5.74) is 5.10. The van der Waals surface area contributed by atoms with Crippen LogP contribution in [0.2, 0.25) is 0 Å². The van der Waals surface area contributed by atoms with Crippen molar-refractivity contribution in [3.63, 3.8) is 0 Å². The van der Waals surface area contributed by atoms with Gasteiger partial charge in [-0.05, 0) is 19.3 Å². The molecule has 0 radical (unpaired) electrons. The number of unbranched alkanes of at least 4 members (excludes halogenated alkanes) is 11. The van der Waals surface area contributed by atoms with Crippen molar-refractivity contribution in [2.75, 3.05) is 0 Å². The Balaban J connectivity index is 3.13. The van der Waals surface area contributed by atoms with Gasteiger partial charge in [0.15, 0.2) is 0 Å². The highest BCUT2D eigenvalue weighted by Crippen LogP contribution is 2.14. The van der Waals surface area contributed by atoms with Crippen LogP contribution in [0.4, 0.5) is 0 Å². The van der Waals surface area contributed by atoms with E-state index in [4.69, 9.17) is 5.73 Å². The first-order chi connectivity index (χ1) is 10.7. The van der Waals surface area contributed by atoms with Crippen LogP contribution in [-0.4, -0.2) is 17.1 Å². The molecule has 0 heterocycles. The third-order valence-corrected chi connectivity index (χ3v) is 4.35. The Labute approximate surface area is 138 Å². The van der Waals surface area contributed by atoms with E-state index in [1.54, 1.807) is 0 Å². The van der Waals surface area contributed by atoms with Crippen molar-refractivity contribution in [3.05, 3.63) is 0 Å². The molecule has 1 atom stereocenters. The van der Waals surface area contributed by atoms with Gasteiger partial charge in [0, 0.05) is 6.42 Å². The maximum Gasteiger partial charge on any atom is 0.217 e. The number of aliphatic hydroxyl groups is 1. The average Bonchev–Trinajstić information content (AvgIpc) is 2.48. The molecule has 0 saturated carbocycles. The summed E-state index contributed by atoms with van der Waals surface area (Å²) in [7, 11) is 0. The number of nitrogens with two attached hydrogens (primary N) is 1. The summed E-state index contributed by atoms with van der Waals surface area (Å²) in [6.07, 6.45) is 18.4. The Bertz CT molecular complexity index is 244. The van der Waals surface area contributed by atoms with Crippen molar-refractivity contribution in [1.29, 1.82) is 0 Å². The quantitative estimate of drug-likeness (QED) is 0.367. The van der Waals surface area contributed by atoms with Crippen molar-refractivity contribution < 1.29 is 9.90 Å². The summed E-state index contributed by atoms with van der Waals surface area (Å²) in [6, 6.07) is 0. The Morgan fingerprint density at radius 2 is 1.18 bits per heavy atom. The van der Waals surface area contributed by atoms with E-state index in [1.807, 2.05) is 0 Å². The van der Waals surface area contributed by atoms with Crippen LogP contribution in [-0.2, 0) is 4.79 Å². The highest BCUT2D eigenvalue weighted by molar-refractivity contribution is 5.73. The second-order valence-electron chi connectivity index (χ2n) is 6.69. The first-order valence-corrected chi connectivity index (χ1v) is 9.63. The van der Waals surface area contributed by atoms with E-state index in [-0.39, 0.29) is 12.0 Å². The zero-order chi connectivity index (χ0) is 16.5. The van der Waals surface area contributed by atoms with Gasteiger partial charge in [-0.15, -0.1) is 0 Å². The van der Waals surface area contributed by atoms with Gasteiger partial charge < -0.3 is 10.8 Å². The van der Waals surface area contributed by atoms with Crippen LogP contribution in [0.3, 0.4) is 0 Å². The van der Waals surface area contributed by atoms with Crippen molar-refractivity contribution in [2.45, 2.75) is 116 Å². The van der Waals surface area contributed by atoms with Crippen LogP contribution >= 0.6 is 0 Å². The smallest absolute Gasteiger partial charge is 0.217 e. The van der Waals surface area contributed by atoms with E-state index in [0.29, 0.717) is 6.42 Å². The van der Waals surface area contributed by atoms with Crippen LogP contribution < -0.4 is 5.73 Å². The molecule has 0 bridgehead atoms. The molecule has 1 unspecified atom stereocenters. The SMILES string of the molecule is CCCCCCCC(O)CCCCCCCCCCC(N)=O. The molecule has 0 spiro atoms. The standard InChI is InChI=1S/C19H39NO2/c1-2-3-4-9-12-15-18(21)16-13-10-7-5-6-8-11-14-17-19(20)22/h18,21H,2-17H2,1H3,(H2,20,22). The van der Waals surface area contributed by atoms with Gasteiger partial charge in [-0.25, -0.2) is 0 Å². The fourth-order valence-corrected chi connectivity index (χ4v) is 2.87. The van der Waals surface area contributed by atoms with E-state index >= 15 is 0 Å². The van der Waals surface area contributed by atoms with Gasteiger partial charge in [-0.2, -0.15) is 0 Å². The summed E-state index contributed by atoms with van der Waals surface area (Å²) >= 11 is 0. The minimum atomic E-state index is -0.177. The number of hydrogen-bond acceptors (Lipinski definition) is 2. The molecule has 0 fully saturated rings. The summed E-state index contributed by atoms with van der Waals surface area (Å²) in [4.78, 5) is 10.6. The van der Waals surface area contributed by atoms with Crippen LogP contribution in [0, 0.1) is 0 Å². The topological polar surface area (TPSA) is 63.3 Å². The van der Waals surface area contributed by atoms with Crippen LogP contribution in [0.25, 0.3) is 0 Å². The Kier molecular flexibility index (Phi) is 16.4. The zero-order valence-electron chi connectivity index (χ0n) is 14.8. The second kappa shape index (κ2) is 16.8. The summed E-state index contributed by atoms with van der Waals surface area (Å²) in [5.74, 6) is -0.177. The zero-order valence-corrected chi connectivity index (χ0v) is 14.8. The monoisotopic (exact) mass is 313 g/mol. The van der Waals surface area contributed by atoms with E-state index in [1.165, 1.54) is 64.2 Å². The Morgan fingerprint density at radius 3 is 1.64 bits per heavy atom. The summed E-state index contributed by atoms with van der Waals surface area (Å²) in [6.45, 7) is 2.23. The molecule has 0 saturated heterocycles. The lowest BCUT2D eigenvalue weighted by atomic mass is 10.0. The van der Waals surface area contributed by atoms with Crippen LogP contribution in [0.15, 0.2) is 0 Å². The number of amides is 1. The molecule has 0 aromatic rings. The molecule has 132 valence electrons. The third kappa shape index (κ3) is 17.5. The van der Waals surface area contributed by atoms with Crippen LogP contribution in [0.5, 0.6) is 0 Å². The third-order valence-electron chi connectivity index (χ3n) is 4.35. The van der Waals surface area contributed by atoms with Gasteiger partial charge in [0.25, 0.3) is 0 Å². The van der Waals surface area contributed by atoms with Crippen LogP contribution in [0.1, 0.15) is 110 Å². The largest absolute Gasteiger partial charge is 0.393 e. The fourth-order valence-electron chi connectivity index (χ4n) is 2.87. The second-order valence-corrected chi connectivity index (χ2v) is 6.69. The van der Waals surface area contributed by atoms with Gasteiger partial charge >= 0.3 is 0 Å². The molecule has 3 nitrogen and oxygen atoms in total. The number of carbonyl (C=O) groups excluding carboxylic acids is 1. The number of primary amides is 1. The molecular weight excluding hydrogens is 274 g/mol. The van der Waals surface area contributed by atoms with Crippen molar-refractivity contribution in [2.24, 2.45) is 5.73 Å². The lowest BCUT2D eigenvalue weighted by molar-refractivity contribution is -0.118. The van der Waals surface area contributed by atoms with Gasteiger partial charge in [0.1, 0.15) is 0 Å². The minimum Gasteiger partial charge on any atom is -0.393 e. The predicted molar refractivity (Wildman–Crippen MR) is 94.7 cm³/mol. The maximum atomic E-state index is 10.6. The van der Waals surface area contributed by atoms with E-state index in [0.717, 1.165) is 32.1 Å². The highest BCUT2D eigenvalue weighted by Gasteiger charge is 2.03. The highest BCUT2D eigenvalue weighted by atomic mass is 16.3. The van der Waals surface area contributed by atoms with Crippen molar-refractivity contribution in [1.82, 2.24) is 0 Å². The first-order valence-electron chi connectivity index (χ1n) is 9.63. The van der Waals surface area contributed by atoms with Crippen molar-refractivity contribution >= 4 is 5.91 Å². The average molecular weight is 314 g/mol. The molecule has 3 N–H and O–H groups in total. The van der Waals surface area contributed by atoms with Gasteiger partial charge in [-0.1, -0.05) is 84.0 Å². The lowest BCUT2D eigenvalue weighted by Crippen LogP contribution is -2.09. The normalized spacial score (nSPS) is 12.5. The van der Waals surface area contributed by atoms with Gasteiger partial charge in [0.2, 0.25) is 5.91 Å². The van der Waals surface area contributed by atoms with E-state index in [2.05, 4.69) is 6.92 Å². The fraction of sp³-hybridized carbons (Fsp3) is 0.947. The lowest BCUT2D eigenvalue weighted by Gasteiger charge is -2.10. The van der Waals surface area contributed by atoms with Gasteiger partial charge in [0.05, 0.1) is 6.10 Å². The molecule has 0 aliphatic heterocycles. The number of carbonyl (C=O) groups is 1. The molecule has 1 amide bonds. The van der Waals surface area contributed by atoms with E-state index in [9.17, 15) is 9.90 Å². The first kappa shape index (κ1) is 21.4. The number of rotatable bonds is 17. The molecule has 3 heteroatoms. The Hall–Kier alpha value is -0.570. The molecule has 0 aliphatic rings. The molecule has 0 aromatic carbocycles. The van der Waals surface area contributed by atoms with Crippen molar-refractivity contribution in [3.8, 4) is 0 Å². The summed E-state index contributed by atoms with van der Waals surface area (Å²) in [5, 5.41) is 9.91. The number of hydrogen-bond donors (Lipinski definition) is 2. The predicted octanol–water partition coefficient (Wildman–Crippen LogP) is 5.09. The minimum absolute atomic E-state index is 0.0737. The van der Waals surface area contributed by atoms with E-state index < -0.39 is 0 Å². The number of aliphatic hydroxyl groups excluding tert-OH is 1. The molecule has 22 heavy (non-hydrogen) atoms. The molecular formula is C19H39NO2. The summed E-state index contributed by atoms with van der Waals surface area (Å²) < 4.78 is 0. The Morgan fingerprint density at radius 1 is 0.773 bits per heavy atom. The molecule has 0 aliphatic carbocycles. The molecule has 0 aromatic heterocycles. The molecule has 0 rings (SSSR count). The van der Waals surface area contributed by atoms with Gasteiger partial charge in [-0.3, -0.25) is 4.79 Å². The maximum absolute atomic E-state index is 10.6.